The number of aliphatic imine (C=N–C) groups is 1. The SMILES string of the molecule is CSc1ccc(C=Nc2ccc(N3CCOCC3)cc2)cc1. The molecule has 0 N–H and O–H groups in total. The zero-order valence-corrected chi connectivity index (χ0v) is 13.6. The van der Waals surface area contributed by atoms with Crippen molar-refractivity contribution in [2.45, 2.75) is 4.90 Å². The molecule has 4 heteroatoms. The number of thioether (sulfide) groups is 1. The average Bonchev–Trinajstić information content (AvgIpc) is 2.61. The molecule has 0 saturated carbocycles. The molecule has 114 valence electrons. The van der Waals surface area contributed by atoms with Crippen molar-refractivity contribution in [1.29, 1.82) is 0 Å². The number of ether oxygens (including phenoxy) is 1. The highest BCUT2D eigenvalue weighted by atomic mass is 32.2. The second-order valence-electron chi connectivity index (χ2n) is 5.15. The largest absolute Gasteiger partial charge is 0.378 e. The molecule has 3 rings (SSSR count). The summed E-state index contributed by atoms with van der Waals surface area (Å²) in [4.78, 5) is 8.16. The fourth-order valence-electron chi connectivity index (χ4n) is 2.41. The Morgan fingerprint density at radius 1 is 1.00 bits per heavy atom. The Kier molecular flexibility index (Phi) is 5.14. The molecule has 0 amide bonds. The summed E-state index contributed by atoms with van der Waals surface area (Å²) in [6.07, 6.45) is 3.99. The van der Waals surface area contributed by atoms with Crippen molar-refractivity contribution >= 4 is 29.4 Å². The standard InChI is InChI=1S/C18H20N2OS/c1-22-18-8-2-15(3-9-18)14-19-16-4-6-17(7-5-16)20-10-12-21-13-11-20/h2-9,14H,10-13H2,1H3. The predicted octanol–water partition coefficient (Wildman–Crippen LogP) is 4.00. The summed E-state index contributed by atoms with van der Waals surface area (Å²) in [6.45, 7) is 3.55. The summed E-state index contributed by atoms with van der Waals surface area (Å²) in [5, 5.41) is 0. The molecule has 22 heavy (non-hydrogen) atoms. The van der Waals surface area contributed by atoms with Crippen LogP contribution in [0.1, 0.15) is 5.56 Å². The Labute approximate surface area is 136 Å². The van der Waals surface area contributed by atoms with E-state index in [1.165, 1.54) is 10.6 Å². The van der Waals surface area contributed by atoms with Crippen molar-refractivity contribution in [1.82, 2.24) is 0 Å². The molecule has 0 bridgehead atoms. The van der Waals surface area contributed by atoms with E-state index in [-0.39, 0.29) is 0 Å². The normalized spacial score (nSPS) is 15.4. The molecule has 0 aliphatic carbocycles. The molecule has 0 unspecified atom stereocenters. The minimum absolute atomic E-state index is 0.811. The molecule has 0 spiro atoms. The lowest BCUT2D eigenvalue weighted by Crippen LogP contribution is -2.36. The lowest BCUT2D eigenvalue weighted by Gasteiger charge is -2.28. The maximum Gasteiger partial charge on any atom is 0.0642 e. The highest BCUT2D eigenvalue weighted by Crippen LogP contribution is 2.21. The summed E-state index contributed by atoms with van der Waals surface area (Å²) in [5.41, 5.74) is 3.34. The Morgan fingerprint density at radius 3 is 2.32 bits per heavy atom. The van der Waals surface area contributed by atoms with Gasteiger partial charge in [0.05, 0.1) is 18.9 Å². The van der Waals surface area contributed by atoms with Gasteiger partial charge >= 0.3 is 0 Å². The average molecular weight is 312 g/mol. The van der Waals surface area contributed by atoms with Crippen LogP contribution >= 0.6 is 11.8 Å². The zero-order chi connectivity index (χ0) is 15.2. The van der Waals surface area contributed by atoms with Crippen LogP contribution in [0.3, 0.4) is 0 Å². The number of hydrogen-bond acceptors (Lipinski definition) is 4. The molecule has 3 nitrogen and oxygen atoms in total. The van der Waals surface area contributed by atoms with E-state index >= 15 is 0 Å². The molecule has 2 aromatic rings. The van der Waals surface area contributed by atoms with Crippen LogP contribution in [0, 0.1) is 0 Å². The van der Waals surface area contributed by atoms with Gasteiger partial charge < -0.3 is 9.64 Å². The van der Waals surface area contributed by atoms with Crippen LogP contribution in [-0.2, 0) is 4.74 Å². The second kappa shape index (κ2) is 7.47. The topological polar surface area (TPSA) is 24.8 Å². The first-order chi connectivity index (χ1) is 10.8. The third kappa shape index (κ3) is 3.90. The molecule has 1 heterocycles. The minimum Gasteiger partial charge on any atom is -0.378 e. The molecule has 1 saturated heterocycles. The van der Waals surface area contributed by atoms with Gasteiger partial charge in [-0.2, -0.15) is 0 Å². The number of hydrogen-bond donors (Lipinski definition) is 0. The van der Waals surface area contributed by atoms with Crippen molar-refractivity contribution in [2.75, 3.05) is 37.5 Å². The van der Waals surface area contributed by atoms with E-state index in [4.69, 9.17) is 4.74 Å². The maximum atomic E-state index is 5.38. The van der Waals surface area contributed by atoms with Crippen molar-refractivity contribution < 1.29 is 4.74 Å². The predicted molar refractivity (Wildman–Crippen MR) is 95.0 cm³/mol. The molecular formula is C18H20N2OS. The number of anilines is 1. The summed E-state index contributed by atoms with van der Waals surface area (Å²) in [5.74, 6) is 0. The summed E-state index contributed by atoms with van der Waals surface area (Å²) in [7, 11) is 0. The van der Waals surface area contributed by atoms with Gasteiger partial charge in [-0.3, -0.25) is 4.99 Å². The lowest BCUT2D eigenvalue weighted by atomic mass is 10.2. The number of nitrogens with zero attached hydrogens (tertiary/aromatic N) is 2. The van der Waals surface area contributed by atoms with Gasteiger partial charge in [-0.05, 0) is 48.2 Å². The zero-order valence-electron chi connectivity index (χ0n) is 12.7. The Balaban J connectivity index is 1.65. The van der Waals surface area contributed by atoms with E-state index in [1.807, 2.05) is 6.21 Å². The monoisotopic (exact) mass is 312 g/mol. The molecule has 2 aromatic carbocycles. The summed E-state index contributed by atoms with van der Waals surface area (Å²) < 4.78 is 5.38. The molecule has 0 aromatic heterocycles. The van der Waals surface area contributed by atoms with Crippen LogP contribution in [0.4, 0.5) is 11.4 Å². The Morgan fingerprint density at radius 2 is 1.68 bits per heavy atom. The fourth-order valence-corrected chi connectivity index (χ4v) is 2.82. The summed E-state index contributed by atoms with van der Waals surface area (Å²) in [6, 6.07) is 16.8. The number of rotatable bonds is 4. The first kappa shape index (κ1) is 15.1. The highest BCUT2D eigenvalue weighted by Gasteiger charge is 2.10. The van der Waals surface area contributed by atoms with E-state index in [0.717, 1.165) is 37.6 Å². The fraction of sp³-hybridized carbons (Fsp3) is 0.278. The van der Waals surface area contributed by atoms with Crippen LogP contribution in [-0.4, -0.2) is 38.8 Å². The molecule has 1 aliphatic heterocycles. The van der Waals surface area contributed by atoms with Crippen molar-refractivity contribution in [2.24, 2.45) is 4.99 Å². The summed E-state index contributed by atoms with van der Waals surface area (Å²) >= 11 is 1.75. The Bertz CT molecular complexity index is 617. The first-order valence-corrected chi connectivity index (χ1v) is 8.68. The quantitative estimate of drug-likeness (QED) is 0.630. The van der Waals surface area contributed by atoms with Gasteiger partial charge in [0.15, 0.2) is 0 Å². The lowest BCUT2D eigenvalue weighted by molar-refractivity contribution is 0.122. The van der Waals surface area contributed by atoms with Crippen molar-refractivity contribution in [3.8, 4) is 0 Å². The molecule has 0 radical (unpaired) electrons. The van der Waals surface area contributed by atoms with Gasteiger partial charge in [0, 0.05) is 29.9 Å². The van der Waals surface area contributed by atoms with Gasteiger partial charge in [0.1, 0.15) is 0 Å². The van der Waals surface area contributed by atoms with Crippen molar-refractivity contribution in [3.63, 3.8) is 0 Å². The van der Waals surface area contributed by atoms with E-state index in [0.29, 0.717) is 0 Å². The third-order valence-corrected chi connectivity index (χ3v) is 4.45. The molecular weight excluding hydrogens is 292 g/mol. The van der Waals surface area contributed by atoms with E-state index in [1.54, 1.807) is 11.8 Å². The van der Waals surface area contributed by atoms with Crippen LogP contribution in [0.25, 0.3) is 0 Å². The van der Waals surface area contributed by atoms with Gasteiger partial charge in [-0.15, -0.1) is 11.8 Å². The van der Waals surface area contributed by atoms with Crippen LogP contribution in [0.15, 0.2) is 58.4 Å². The van der Waals surface area contributed by atoms with Crippen LogP contribution < -0.4 is 4.90 Å². The number of benzene rings is 2. The van der Waals surface area contributed by atoms with Gasteiger partial charge in [0.25, 0.3) is 0 Å². The van der Waals surface area contributed by atoms with E-state index < -0.39 is 0 Å². The molecule has 1 fully saturated rings. The van der Waals surface area contributed by atoms with Crippen molar-refractivity contribution in [3.05, 3.63) is 54.1 Å². The van der Waals surface area contributed by atoms with Crippen LogP contribution in [0.2, 0.25) is 0 Å². The minimum atomic E-state index is 0.811. The first-order valence-electron chi connectivity index (χ1n) is 7.46. The van der Waals surface area contributed by atoms with E-state index in [2.05, 4.69) is 64.7 Å². The van der Waals surface area contributed by atoms with Crippen LogP contribution in [0.5, 0.6) is 0 Å². The third-order valence-electron chi connectivity index (χ3n) is 3.70. The number of morpholine rings is 1. The van der Waals surface area contributed by atoms with E-state index in [9.17, 15) is 0 Å². The van der Waals surface area contributed by atoms with Gasteiger partial charge in [-0.25, -0.2) is 0 Å². The van der Waals surface area contributed by atoms with Gasteiger partial charge in [0.2, 0.25) is 0 Å². The molecule has 0 atom stereocenters. The maximum absolute atomic E-state index is 5.38. The van der Waals surface area contributed by atoms with Gasteiger partial charge in [-0.1, -0.05) is 12.1 Å². The smallest absolute Gasteiger partial charge is 0.0642 e. The molecule has 1 aliphatic rings. The second-order valence-corrected chi connectivity index (χ2v) is 6.03. The Hall–Kier alpha value is -1.78. The highest BCUT2D eigenvalue weighted by molar-refractivity contribution is 7.98.